The summed E-state index contributed by atoms with van der Waals surface area (Å²) in [6, 6.07) is 8.04. The summed E-state index contributed by atoms with van der Waals surface area (Å²) in [4.78, 5) is 9.58. The number of anilines is 1. The van der Waals surface area contributed by atoms with Gasteiger partial charge in [0.1, 0.15) is 5.76 Å². The number of aryl methyl sites for hydroxylation is 2. The topological polar surface area (TPSA) is 56.9 Å². The number of guanidine groups is 1. The van der Waals surface area contributed by atoms with Gasteiger partial charge in [-0.25, -0.2) is 0 Å². The van der Waals surface area contributed by atoms with E-state index >= 15 is 0 Å². The SMILES string of the molecule is CCNC(=NCC(C)c1c(C)noc1C)N1CCN(c2ccccc2Cl)CC1.I. The van der Waals surface area contributed by atoms with E-state index in [0.29, 0.717) is 6.54 Å². The van der Waals surface area contributed by atoms with E-state index in [4.69, 9.17) is 21.1 Å². The maximum absolute atomic E-state index is 6.36. The number of hydrogen-bond donors (Lipinski definition) is 1. The fraction of sp³-hybridized carbons (Fsp3) is 0.524. The molecule has 2 heterocycles. The number of rotatable bonds is 5. The number of aromatic nitrogens is 1. The van der Waals surface area contributed by atoms with Crippen LogP contribution in [0, 0.1) is 13.8 Å². The van der Waals surface area contributed by atoms with Gasteiger partial charge in [-0.15, -0.1) is 24.0 Å². The van der Waals surface area contributed by atoms with Crippen molar-refractivity contribution in [3.8, 4) is 0 Å². The lowest BCUT2D eigenvalue weighted by Gasteiger charge is -2.38. The van der Waals surface area contributed by atoms with Crippen molar-refractivity contribution in [3.63, 3.8) is 0 Å². The van der Waals surface area contributed by atoms with Gasteiger partial charge in [-0.05, 0) is 32.9 Å². The third-order valence-electron chi connectivity index (χ3n) is 5.20. The van der Waals surface area contributed by atoms with Crippen molar-refractivity contribution in [1.82, 2.24) is 15.4 Å². The molecule has 1 unspecified atom stereocenters. The molecule has 0 radical (unpaired) electrons. The van der Waals surface area contributed by atoms with Gasteiger partial charge in [-0.3, -0.25) is 4.99 Å². The maximum atomic E-state index is 6.36. The van der Waals surface area contributed by atoms with E-state index in [1.807, 2.05) is 32.0 Å². The van der Waals surface area contributed by atoms with Gasteiger partial charge < -0.3 is 19.6 Å². The predicted molar refractivity (Wildman–Crippen MR) is 131 cm³/mol. The molecular weight excluding hydrogens is 501 g/mol. The number of nitrogens with zero attached hydrogens (tertiary/aromatic N) is 4. The van der Waals surface area contributed by atoms with Gasteiger partial charge in [0.2, 0.25) is 0 Å². The lowest BCUT2D eigenvalue weighted by Crippen LogP contribution is -2.52. The molecule has 1 aliphatic heterocycles. The third kappa shape index (κ3) is 5.78. The Morgan fingerprint density at radius 3 is 2.52 bits per heavy atom. The Morgan fingerprint density at radius 2 is 1.93 bits per heavy atom. The fourth-order valence-corrected chi connectivity index (χ4v) is 4.06. The minimum absolute atomic E-state index is 0. The Morgan fingerprint density at radius 1 is 1.24 bits per heavy atom. The van der Waals surface area contributed by atoms with Crippen LogP contribution in [0.3, 0.4) is 0 Å². The van der Waals surface area contributed by atoms with Crippen LogP contribution >= 0.6 is 35.6 Å². The van der Waals surface area contributed by atoms with Crippen LogP contribution in [-0.2, 0) is 0 Å². The van der Waals surface area contributed by atoms with Crippen molar-refractivity contribution < 1.29 is 4.52 Å². The molecule has 1 aliphatic rings. The van der Waals surface area contributed by atoms with E-state index < -0.39 is 0 Å². The van der Waals surface area contributed by atoms with Crippen molar-refractivity contribution in [2.24, 2.45) is 4.99 Å². The highest BCUT2D eigenvalue weighted by Crippen LogP contribution is 2.26. The molecule has 6 nitrogen and oxygen atoms in total. The molecule has 1 aromatic heterocycles. The lowest BCUT2D eigenvalue weighted by atomic mass is 10.00. The first-order valence-corrected chi connectivity index (χ1v) is 10.3. The Hall–Kier alpha value is -1.48. The molecule has 0 spiro atoms. The Labute approximate surface area is 195 Å². The van der Waals surface area contributed by atoms with Crippen LogP contribution < -0.4 is 10.2 Å². The highest BCUT2D eigenvalue weighted by Gasteiger charge is 2.22. The average Bonchev–Trinajstić information content (AvgIpc) is 3.04. The van der Waals surface area contributed by atoms with E-state index in [0.717, 1.165) is 60.8 Å². The quantitative estimate of drug-likeness (QED) is 0.351. The van der Waals surface area contributed by atoms with E-state index in [-0.39, 0.29) is 29.9 Å². The van der Waals surface area contributed by atoms with Crippen LogP contribution in [0.1, 0.15) is 36.8 Å². The molecule has 0 amide bonds. The molecule has 1 fully saturated rings. The van der Waals surface area contributed by atoms with E-state index in [1.54, 1.807) is 0 Å². The summed E-state index contributed by atoms with van der Waals surface area (Å²) in [6.45, 7) is 13.5. The van der Waals surface area contributed by atoms with Gasteiger partial charge in [0, 0.05) is 50.7 Å². The third-order valence-corrected chi connectivity index (χ3v) is 5.52. The normalized spacial score (nSPS) is 15.8. The van der Waals surface area contributed by atoms with Gasteiger partial charge in [0.15, 0.2) is 5.96 Å². The van der Waals surface area contributed by atoms with Crippen molar-refractivity contribution >= 4 is 47.2 Å². The highest BCUT2D eigenvalue weighted by molar-refractivity contribution is 14.0. The minimum Gasteiger partial charge on any atom is -0.367 e. The first kappa shape index (κ1) is 23.8. The molecule has 1 saturated heterocycles. The summed E-state index contributed by atoms with van der Waals surface area (Å²) in [7, 11) is 0. The molecule has 1 atom stereocenters. The summed E-state index contributed by atoms with van der Waals surface area (Å²) < 4.78 is 5.31. The monoisotopic (exact) mass is 531 g/mol. The number of para-hydroxylation sites is 1. The summed E-state index contributed by atoms with van der Waals surface area (Å²) in [5, 5.41) is 8.32. The zero-order chi connectivity index (χ0) is 20.1. The smallest absolute Gasteiger partial charge is 0.194 e. The van der Waals surface area contributed by atoms with Crippen LogP contribution in [0.15, 0.2) is 33.8 Å². The Kier molecular flexibility index (Phi) is 9.07. The van der Waals surface area contributed by atoms with Crippen LogP contribution in [0.2, 0.25) is 5.02 Å². The van der Waals surface area contributed by atoms with Crippen LogP contribution in [-0.4, -0.2) is 55.3 Å². The molecule has 1 aromatic carbocycles. The average molecular weight is 532 g/mol. The van der Waals surface area contributed by atoms with E-state index in [9.17, 15) is 0 Å². The van der Waals surface area contributed by atoms with Gasteiger partial charge in [0.05, 0.1) is 16.4 Å². The predicted octanol–water partition coefficient (Wildman–Crippen LogP) is 4.45. The van der Waals surface area contributed by atoms with Gasteiger partial charge in [0.25, 0.3) is 0 Å². The summed E-state index contributed by atoms with van der Waals surface area (Å²) in [5.74, 6) is 2.13. The molecule has 8 heteroatoms. The Balaban J connectivity index is 0.00000300. The van der Waals surface area contributed by atoms with Crippen molar-refractivity contribution in [2.45, 2.75) is 33.6 Å². The van der Waals surface area contributed by atoms with Gasteiger partial charge >= 0.3 is 0 Å². The second kappa shape index (κ2) is 11.1. The largest absolute Gasteiger partial charge is 0.367 e. The second-order valence-electron chi connectivity index (χ2n) is 7.26. The van der Waals surface area contributed by atoms with Crippen molar-refractivity contribution in [2.75, 3.05) is 44.2 Å². The minimum atomic E-state index is 0. The molecule has 3 rings (SSSR count). The fourth-order valence-electron chi connectivity index (χ4n) is 3.80. The first-order chi connectivity index (χ1) is 13.5. The number of nitrogens with one attached hydrogen (secondary N) is 1. The standard InChI is InChI=1S/C21H30ClN5O.HI/c1-5-23-21(24-14-15(2)20-16(3)25-28-17(20)4)27-12-10-26(11-13-27)19-9-7-6-8-18(19)22;/h6-9,15H,5,10-14H2,1-4H3,(H,23,24);1H. The molecule has 29 heavy (non-hydrogen) atoms. The molecule has 160 valence electrons. The van der Waals surface area contributed by atoms with Crippen LogP contribution in [0.25, 0.3) is 0 Å². The summed E-state index contributed by atoms with van der Waals surface area (Å²) in [5.41, 5.74) is 3.24. The molecule has 0 bridgehead atoms. The Bertz CT molecular complexity index is 798. The van der Waals surface area contributed by atoms with Crippen LogP contribution in [0.5, 0.6) is 0 Å². The number of piperazine rings is 1. The maximum Gasteiger partial charge on any atom is 0.194 e. The van der Waals surface area contributed by atoms with Crippen molar-refractivity contribution in [1.29, 1.82) is 0 Å². The van der Waals surface area contributed by atoms with E-state index in [2.05, 4.69) is 40.2 Å². The highest BCUT2D eigenvalue weighted by atomic mass is 127. The molecular formula is C21H31ClIN5O. The van der Waals surface area contributed by atoms with E-state index in [1.165, 1.54) is 5.56 Å². The zero-order valence-electron chi connectivity index (χ0n) is 17.6. The second-order valence-corrected chi connectivity index (χ2v) is 7.67. The first-order valence-electron chi connectivity index (χ1n) is 9.96. The molecule has 2 aromatic rings. The summed E-state index contributed by atoms with van der Waals surface area (Å²) >= 11 is 6.36. The number of benzene rings is 1. The number of hydrogen-bond acceptors (Lipinski definition) is 4. The lowest BCUT2D eigenvalue weighted by molar-refractivity contribution is 0.372. The van der Waals surface area contributed by atoms with Crippen molar-refractivity contribution in [3.05, 3.63) is 46.3 Å². The molecule has 0 saturated carbocycles. The summed E-state index contributed by atoms with van der Waals surface area (Å²) in [6.07, 6.45) is 0. The van der Waals surface area contributed by atoms with Gasteiger partial charge in [-0.2, -0.15) is 0 Å². The van der Waals surface area contributed by atoms with Crippen LogP contribution in [0.4, 0.5) is 5.69 Å². The van der Waals surface area contributed by atoms with Gasteiger partial charge in [-0.1, -0.05) is 35.8 Å². The molecule has 0 aliphatic carbocycles. The zero-order valence-corrected chi connectivity index (χ0v) is 20.7. The number of halogens is 2. The molecule has 1 N–H and O–H groups in total. The number of aliphatic imine (C=N–C) groups is 1.